The molecule has 26 heavy (non-hydrogen) atoms. The molecule has 2 aromatic rings. The number of guanidine groups is 1. The van der Waals surface area contributed by atoms with Gasteiger partial charge in [-0.2, -0.15) is 0 Å². The maximum absolute atomic E-state index is 6.33. The Kier molecular flexibility index (Phi) is 8.43. The summed E-state index contributed by atoms with van der Waals surface area (Å²) in [7, 11) is 0. The highest BCUT2D eigenvalue weighted by atomic mass is 127. The average Bonchev–Trinajstić information content (AvgIpc) is 3.05. The van der Waals surface area contributed by atoms with Crippen LogP contribution in [0, 0.1) is 6.92 Å². The number of aliphatic imine (C=N–C) groups is 1. The van der Waals surface area contributed by atoms with Gasteiger partial charge >= 0.3 is 0 Å². The van der Waals surface area contributed by atoms with Crippen molar-refractivity contribution in [2.45, 2.75) is 20.4 Å². The second kappa shape index (κ2) is 10.3. The molecule has 0 saturated carbocycles. The smallest absolute Gasteiger partial charge is 0.194 e. The highest BCUT2D eigenvalue weighted by Crippen LogP contribution is 2.26. The second-order valence-electron chi connectivity index (χ2n) is 5.96. The first-order valence-electron chi connectivity index (χ1n) is 8.61. The Morgan fingerprint density at radius 3 is 2.62 bits per heavy atom. The van der Waals surface area contributed by atoms with E-state index in [-0.39, 0.29) is 24.0 Å². The van der Waals surface area contributed by atoms with Crippen LogP contribution < -0.4 is 10.2 Å². The lowest BCUT2D eigenvalue weighted by Gasteiger charge is -2.38. The highest BCUT2D eigenvalue weighted by Gasteiger charge is 2.21. The fourth-order valence-corrected chi connectivity index (χ4v) is 3.88. The zero-order valence-electron chi connectivity index (χ0n) is 15.1. The first-order chi connectivity index (χ1) is 12.2. The molecule has 0 amide bonds. The topological polar surface area (TPSA) is 43.8 Å². The molecule has 0 spiro atoms. The Hall–Kier alpha value is -1.06. The van der Waals surface area contributed by atoms with Gasteiger partial charge in [0.15, 0.2) is 5.96 Å². The van der Waals surface area contributed by atoms with E-state index >= 15 is 0 Å². The number of benzene rings is 1. The number of aromatic nitrogens is 1. The van der Waals surface area contributed by atoms with E-state index in [1.54, 1.807) is 11.3 Å². The van der Waals surface area contributed by atoms with E-state index in [9.17, 15) is 0 Å². The van der Waals surface area contributed by atoms with Gasteiger partial charge < -0.3 is 15.1 Å². The van der Waals surface area contributed by atoms with Crippen LogP contribution in [0.2, 0.25) is 5.02 Å². The van der Waals surface area contributed by atoms with Crippen molar-refractivity contribution in [3.8, 4) is 0 Å². The minimum absolute atomic E-state index is 0. The number of nitrogens with one attached hydrogen (secondary N) is 1. The van der Waals surface area contributed by atoms with Crippen molar-refractivity contribution in [3.63, 3.8) is 0 Å². The number of aryl methyl sites for hydroxylation is 1. The molecule has 0 aliphatic carbocycles. The number of piperazine rings is 1. The van der Waals surface area contributed by atoms with Crippen LogP contribution in [0.15, 0.2) is 35.5 Å². The van der Waals surface area contributed by atoms with E-state index in [1.165, 1.54) is 4.88 Å². The van der Waals surface area contributed by atoms with E-state index < -0.39 is 0 Å². The molecule has 1 N–H and O–H groups in total. The Morgan fingerprint density at radius 2 is 2.00 bits per heavy atom. The molecule has 2 heterocycles. The lowest BCUT2D eigenvalue weighted by molar-refractivity contribution is 0.372. The van der Waals surface area contributed by atoms with E-state index in [1.807, 2.05) is 24.4 Å². The van der Waals surface area contributed by atoms with Crippen molar-refractivity contribution in [3.05, 3.63) is 45.4 Å². The lowest BCUT2D eigenvalue weighted by Crippen LogP contribution is -2.52. The zero-order chi connectivity index (χ0) is 17.6. The second-order valence-corrected chi connectivity index (χ2v) is 7.69. The van der Waals surface area contributed by atoms with Gasteiger partial charge in [0.05, 0.1) is 17.3 Å². The maximum atomic E-state index is 6.33. The Morgan fingerprint density at radius 1 is 1.27 bits per heavy atom. The maximum Gasteiger partial charge on any atom is 0.194 e. The molecule has 1 aromatic carbocycles. The van der Waals surface area contributed by atoms with E-state index in [2.05, 4.69) is 40.0 Å². The molecule has 1 aliphatic heterocycles. The van der Waals surface area contributed by atoms with Crippen molar-refractivity contribution >= 4 is 58.6 Å². The summed E-state index contributed by atoms with van der Waals surface area (Å²) < 4.78 is 0. The third-order valence-electron chi connectivity index (χ3n) is 4.14. The minimum Gasteiger partial charge on any atom is -0.367 e. The summed E-state index contributed by atoms with van der Waals surface area (Å²) >= 11 is 8.03. The summed E-state index contributed by atoms with van der Waals surface area (Å²) in [5, 5.41) is 5.28. The van der Waals surface area contributed by atoms with Gasteiger partial charge in [-0.05, 0) is 26.0 Å². The van der Waals surface area contributed by atoms with Gasteiger partial charge in [-0.25, -0.2) is 9.98 Å². The summed E-state index contributed by atoms with van der Waals surface area (Å²) in [6, 6.07) is 8.04. The molecule has 0 unspecified atom stereocenters. The van der Waals surface area contributed by atoms with E-state index in [0.717, 1.165) is 54.4 Å². The molecule has 0 atom stereocenters. The monoisotopic (exact) mass is 505 g/mol. The largest absolute Gasteiger partial charge is 0.367 e. The van der Waals surface area contributed by atoms with Gasteiger partial charge in [-0.3, -0.25) is 0 Å². The fourth-order valence-electron chi connectivity index (χ4n) is 2.91. The summed E-state index contributed by atoms with van der Waals surface area (Å²) in [5.74, 6) is 0.967. The first kappa shape index (κ1) is 21.2. The van der Waals surface area contributed by atoms with Crippen LogP contribution in [0.25, 0.3) is 0 Å². The third kappa shape index (κ3) is 5.47. The molecule has 1 aromatic heterocycles. The molecule has 142 valence electrons. The van der Waals surface area contributed by atoms with Crippen molar-refractivity contribution in [1.82, 2.24) is 15.2 Å². The summed E-state index contributed by atoms with van der Waals surface area (Å²) in [4.78, 5) is 15.0. The number of rotatable bonds is 4. The molecule has 8 heteroatoms. The summed E-state index contributed by atoms with van der Waals surface area (Å²) in [6.45, 7) is 9.38. The van der Waals surface area contributed by atoms with Crippen LogP contribution >= 0.6 is 46.9 Å². The van der Waals surface area contributed by atoms with Crippen LogP contribution in [0.4, 0.5) is 5.69 Å². The van der Waals surface area contributed by atoms with Crippen LogP contribution in [-0.2, 0) is 6.54 Å². The van der Waals surface area contributed by atoms with Gasteiger partial charge in [0, 0.05) is 43.8 Å². The number of nitrogens with zero attached hydrogens (tertiary/aromatic N) is 4. The average molecular weight is 506 g/mol. The number of hydrogen-bond donors (Lipinski definition) is 1. The van der Waals surface area contributed by atoms with E-state index in [4.69, 9.17) is 16.6 Å². The van der Waals surface area contributed by atoms with E-state index in [0.29, 0.717) is 6.54 Å². The van der Waals surface area contributed by atoms with Gasteiger partial charge in [0.2, 0.25) is 0 Å². The van der Waals surface area contributed by atoms with Crippen molar-refractivity contribution in [1.29, 1.82) is 0 Å². The number of halogens is 2. The standard InChI is InChI=1S/C18H24ClN5S.HI/c1-3-20-18(22-13-17-21-12-14(2)25-17)24-10-8-23(9-11-24)16-7-5-4-6-15(16)19;/h4-7,12H,3,8-11,13H2,1-2H3,(H,20,22);1H. The number of anilines is 1. The zero-order valence-corrected chi connectivity index (χ0v) is 19.0. The molecule has 0 radical (unpaired) electrons. The quantitative estimate of drug-likeness (QED) is 0.387. The molecule has 0 bridgehead atoms. The predicted octanol–water partition coefficient (Wildman–Crippen LogP) is 4.01. The van der Waals surface area contributed by atoms with Gasteiger partial charge in [0.25, 0.3) is 0 Å². The summed E-state index contributed by atoms with van der Waals surface area (Å²) in [6.07, 6.45) is 1.91. The van der Waals surface area contributed by atoms with Crippen LogP contribution in [0.5, 0.6) is 0 Å². The number of thiazole rings is 1. The normalized spacial score (nSPS) is 15.0. The van der Waals surface area contributed by atoms with Gasteiger partial charge in [-0.15, -0.1) is 35.3 Å². The summed E-state index contributed by atoms with van der Waals surface area (Å²) in [5.41, 5.74) is 1.11. The highest BCUT2D eigenvalue weighted by molar-refractivity contribution is 14.0. The Bertz CT molecular complexity index is 728. The molecular weight excluding hydrogens is 481 g/mol. The van der Waals surface area contributed by atoms with Crippen LogP contribution in [0.3, 0.4) is 0 Å². The minimum atomic E-state index is 0. The van der Waals surface area contributed by atoms with Crippen LogP contribution in [0.1, 0.15) is 16.8 Å². The van der Waals surface area contributed by atoms with Crippen molar-refractivity contribution < 1.29 is 0 Å². The number of hydrogen-bond acceptors (Lipinski definition) is 4. The molecular formula is C18H25ClIN5S. The SMILES string of the molecule is CCNC(=NCc1ncc(C)s1)N1CCN(c2ccccc2Cl)CC1.I. The molecule has 3 rings (SSSR count). The Labute approximate surface area is 181 Å². The van der Waals surface area contributed by atoms with Crippen molar-refractivity contribution in [2.24, 2.45) is 4.99 Å². The lowest BCUT2D eigenvalue weighted by atomic mass is 10.2. The molecule has 1 aliphatic rings. The third-order valence-corrected chi connectivity index (χ3v) is 5.36. The Balaban J connectivity index is 0.00000243. The molecule has 1 saturated heterocycles. The fraction of sp³-hybridized carbons (Fsp3) is 0.444. The van der Waals surface area contributed by atoms with Crippen molar-refractivity contribution in [2.75, 3.05) is 37.6 Å². The predicted molar refractivity (Wildman–Crippen MR) is 122 cm³/mol. The molecule has 1 fully saturated rings. The molecule has 5 nitrogen and oxygen atoms in total. The van der Waals surface area contributed by atoms with Crippen LogP contribution in [-0.4, -0.2) is 48.6 Å². The van der Waals surface area contributed by atoms with Gasteiger partial charge in [0.1, 0.15) is 5.01 Å². The van der Waals surface area contributed by atoms with Gasteiger partial charge in [-0.1, -0.05) is 23.7 Å². The number of para-hydroxylation sites is 1. The first-order valence-corrected chi connectivity index (χ1v) is 9.81.